The number of hydrogen-bond acceptors (Lipinski definition) is 3. The van der Waals surface area contributed by atoms with E-state index in [2.05, 4.69) is 16.5 Å². The molecule has 0 aromatic heterocycles. The van der Waals surface area contributed by atoms with E-state index in [9.17, 15) is 8.42 Å². The molecule has 2 rings (SSSR count). The van der Waals surface area contributed by atoms with Gasteiger partial charge in [-0.3, -0.25) is 0 Å². The average Bonchev–Trinajstić information content (AvgIpc) is 2.47. The SMILES string of the molecule is C=CC[C@H]1CCCC(=NNS(=O)(=O)c2ccc(C)cc2)C1. The highest BCUT2D eigenvalue weighted by atomic mass is 32.2. The van der Waals surface area contributed by atoms with E-state index in [-0.39, 0.29) is 4.90 Å². The first kappa shape index (κ1) is 15.8. The van der Waals surface area contributed by atoms with Crippen LogP contribution < -0.4 is 4.83 Å². The first-order chi connectivity index (χ1) is 10.0. The van der Waals surface area contributed by atoms with Crippen molar-refractivity contribution in [3.8, 4) is 0 Å². The van der Waals surface area contributed by atoms with E-state index in [4.69, 9.17) is 0 Å². The van der Waals surface area contributed by atoms with Gasteiger partial charge in [0.05, 0.1) is 4.90 Å². The Morgan fingerprint density at radius 3 is 2.76 bits per heavy atom. The highest BCUT2D eigenvalue weighted by molar-refractivity contribution is 7.89. The lowest BCUT2D eigenvalue weighted by atomic mass is 9.86. The molecule has 1 aromatic rings. The minimum atomic E-state index is -3.56. The molecule has 0 spiro atoms. The van der Waals surface area contributed by atoms with Crippen LogP contribution in [0.15, 0.2) is 46.9 Å². The summed E-state index contributed by atoms with van der Waals surface area (Å²) in [6.07, 6.45) is 6.82. The van der Waals surface area contributed by atoms with Gasteiger partial charge >= 0.3 is 0 Å². The number of sulfonamides is 1. The zero-order chi connectivity index (χ0) is 15.3. The fourth-order valence-corrected chi connectivity index (χ4v) is 3.41. The Labute approximate surface area is 127 Å². The van der Waals surface area contributed by atoms with Crippen LogP contribution in [0.5, 0.6) is 0 Å². The fraction of sp³-hybridized carbons (Fsp3) is 0.438. The molecule has 0 radical (unpaired) electrons. The van der Waals surface area contributed by atoms with Gasteiger partial charge in [-0.05, 0) is 57.1 Å². The molecule has 1 saturated carbocycles. The first-order valence-electron chi connectivity index (χ1n) is 7.26. The molecular weight excluding hydrogens is 284 g/mol. The maximum absolute atomic E-state index is 12.2. The van der Waals surface area contributed by atoms with Crippen molar-refractivity contribution in [2.45, 2.75) is 43.9 Å². The minimum Gasteiger partial charge on any atom is -0.200 e. The van der Waals surface area contributed by atoms with Gasteiger partial charge in [0.2, 0.25) is 0 Å². The van der Waals surface area contributed by atoms with Crippen molar-refractivity contribution in [3.05, 3.63) is 42.5 Å². The van der Waals surface area contributed by atoms with Crippen molar-refractivity contribution in [1.29, 1.82) is 0 Å². The van der Waals surface area contributed by atoms with Crippen LogP contribution in [-0.2, 0) is 10.0 Å². The Hall–Kier alpha value is -1.62. The third-order valence-corrected chi connectivity index (χ3v) is 4.98. The molecule has 0 bridgehead atoms. The number of hydrogen-bond donors (Lipinski definition) is 1. The standard InChI is InChI=1S/C16H22N2O2S/c1-3-5-14-6-4-7-15(12-14)17-18-21(19,20)16-10-8-13(2)9-11-16/h3,8-11,14,18H,1,4-7,12H2,2H3/t14-/m0/s1. The fourth-order valence-electron chi connectivity index (χ4n) is 2.57. The Kier molecular flexibility index (Phi) is 5.17. The predicted molar refractivity (Wildman–Crippen MR) is 85.7 cm³/mol. The van der Waals surface area contributed by atoms with Gasteiger partial charge in [0.1, 0.15) is 0 Å². The van der Waals surface area contributed by atoms with Crippen LogP contribution >= 0.6 is 0 Å². The number of rotatable bonds is 5. The number of nitrogens with one attached hydrogen (secondary N) is 1. The normalized spacial score (nSPS) is 21.2. The van der Waals surface area contributed by atoms with Crippen LogP contribution in [0.2, 0.25) is 0 Å². The minimum absolute atomic E-state index is 0.246. The molecule has 1 atom stereocenters. The van der Waals surface area contributed by atoms with Crippen molar-refractivity contribution >= 4 is 15.7 Å². The van der Waals surface area contributed by atoms with E-state index in [1.165, 1.54) is 0 Å². The topological polar surface area (TPSA) is 58.5 Å². The molecule has 1 N–H and O–H groups in total. The van der Waals surface area contributed by atoms with Crippen LogP contribution in [0.3, 0.4) is 0 Å². The van der Waals surface area contributed by atoms with E-state index in [0.717, 1.165) is 43.4 Å². The molecule has 4 nitrogen and oxygen atoms in total. The van der Waals surface area contributed by atoms with Crippen molar-refractivity contribution in [2.75, 3.05) is 0 Å². The summed E-state index contributed by atoms with van der Waals surface area (Å²) in [5.74, 6) is 0.541. The van der Waals surface area contributed by atoms with Crippen molar-refractivity contribution in [3.63, 3.8) is 0 Å². The van der Waals surface area contributed by atoms with Crippen LogP contribution in [0.4, 0.5) is 0 Å². The zero-order valence-corrected chi connectivity index (χ0v) is 13.2. The summed E-state index contributed by atoms with van der Waals surface area (Å²) in [6.45, 7) is 5.68. The molecule has 1 aliphatic rings. The van der Waals surface area contributed by atoms with Gasteiger partial charge < -0.3 is 0 Å². The average molecular weight is 306 g/mol. The first-order valence-corrected chi connectivity index (χ1v) is 8.74. The number of aryl methyl sites for hydroxylation is 1. The molecule has 1 aliphatic carbocycles. The molecule has 0 aliphatic heterocycles. The van der Waals surface area contributed by atoms with Crippen LogP contribution in [-0.4, -0.2) is 14.1 Å². The van der Waals surface area contributed by atoms with Crippen molar-refractivity contribution < 1.29 is 8.42 Å². The second-order valence-corrected chi connectivity index (χ2v) is 7.23. The summed E-state index contributed by atoms with van der Waals surface area (Å²) < 4.78 is 24.3. The number of hydrazone groups is 1. The van der Waals surface area contributed by atoms with E-state index in [0.29, 0.717) is 5.92 Å². The van der Waals surface area contributed by atoms with Gasteiger partial charge in [0.25, 0.3) is 10.0 Å². The highest BCUT2D eigenvalue weighted by Gasteiger charge is 2.18. The molecule has 0 saturated heterocycles. The molecular formula is C16H22N2O2S. The summed E-state index contributed by atoms with van der Waals surface area (Å²) in [6, 6.07) is 6.75. The highest BCUT2D eigenvalue weighted by Crippen LogP contribution is 2.25. The van der Waals surface area contributed by atoms with Crippen molar-refractivity contribution in [2.24, 2.45) is 11.0 Å². The lowest BCUT2D eigenvalue weighted by Crippen LogP contribution is -2.23. The molecule has 114 valence electrons. The lowest BCUT2D eigenvalue weighted by molar-refractivity contribution is 0.463. The van der Waals surface area contributed by atoms with Crippen LogP contribution in [0.25, 0.3) is 0 Å². The lowest BCUT2D eigenvalue weighted by Gasteiger charge is -2.21. The maximum Gasteiger partial charge on any atom is 0.276 e. The molecule has 5 heteroatoms. The van der Waals surface area contributed by atoms with E-state index >= 15 is 0 Å². The predicted octanol–water partition coefficient (Wildman–Crippen LogP) is 3.40. The van der Waals surface area contributed by atoms with Gasteiger partial charge in [-0.15, -0.1) is 6.58 Å². The third kappa shape index (κ3) is 4.43. The van der Waals surface area contributed by atoms with Gasteiger partial charge in [-0.1, -0.05) is 23.8 Å². The van der Waals surface area contributed by atoms with Gasteiger partial charge in [-0.25, -0.2) is 4.83 Å². The number of nitrogens with zero attached hydrogens (tertiary/aromatic N) is 1. The van der Waals surface area contributed by atoms with E-state index < -0.39 is 10.0 Å². The Bertz CT molecular complexity index is 618. The van der Waals surface area contributed by atoms with Gasteiger partial charge in [-0.2, -0.15) is 13.5 Å². The molecule has 1 fully saturated rings. The van der Waals surface area contributed by atoms with E-state index in [1.54, 1.807) is 24.3 Å². The second-order valence-electron chi connectivity index (χ2n) is 5.57. The number of benzene rings is 1. The van der Waals surface area contributed by atoms with E-state index in [1.807, 2.05) is 13.0 Å². The summed E-state index contributed by atoms with van der Waals surface area (Å²) in [4.78, 5) is 2.61. The maximum atomic E-state index is 12.2. The summed E-state index contributed by atoms with van der Waals surface area (Å²) in [7, 11) is -3.56. The smallest absolute Gasteiger partial charge is 0.200 e. The second kappa shape index (κ2) is 6.89. The Morgan fingerprint density at radius 1 is 1.38 bits per heavy atom. The number of allylic oxidation sites excluding steroid dienone is 1. The monoisotopic (exact) mass is 306 g/mol. The van der Waals surface area contributed by atoms with Crippen LogP contribution in [0.1, 0.15) is 37.7 Å². The van der Waals surface area contributed by atoms with Crippen LogP contribution in [0, 0.1) is 12.8 Å². The Balaban J connectivity index is 2.05. The van der Waals surface area contributed by atoms with Gasteiger partial charge in [0, 0.05) is 5.71 Å². The zero-order valence-electron chi connectivity index (χ0n) is 12.4. The summed E-state index contributed by atoms with van der Waals surface area (Å²) in [5.41, 5.74) is 1.96. The van der Waals surface area contributed by atoms with Gasteiger partial charge in [0.15, 0.2) is 0 Å². The molecule has 21 heavy (non-hydrogen) atoms. The largest absolute Gasteiger partial charge is 0.276 e. The molecule has 0 unspecified atom stereocenters. The van der Waals surface area contributed by atoms with Crippen molar-refractivity contribution in [1.82, 2.24) is 4.83 Å². The Morgan fingerprint density at radius 2 is 2.10 bits per heavy atom. The molecule has 0 amide bonds. The third-order valence-electron chi connectivity index (χ3n) is 3.76. The quantitative estimate of drug-likeness (QED) is 0.669. The summed E-state index contributed by atoms with van der Waals surface area (Å²) in [5, 5.41) is 4.13. The molecule has 1 aromatic carbocycles. The summed E-state index contributed by atoms with van der Waals surface area (Å²) >= 11 is 0. The molecule has 0 heterocycles.